The highest BCUT2D eigenvalue weighted by atomic mass is 32.1. The number of amides is 2. The van der Waals surface area contributed by atoms with E-state index in [1.54, 1.807) is 11.3 Å². The van der Waals surface area contributed by atoms with E-state index in [2.05, 4.69) is 39.7 Å². The molecule has 34 heavy (non-hydrogen) atoms. The van der Waals surface area contributed by atoms with Crippen molar-refractivity contribution < 1.29 is 9.59 Å². The fourth-order valence-corrected chi connectivity index (χ4v) is 6.86. The van der Waals surface area contributed by atoms with Crippen LogP contribution < -0.4 is 5.32 Å². The molecule has 1 aliphatic carbocycles. The summed E-state index contributed by atoms with van der Waals surface area (Å²) >= 11 is 1.76. The molecule has 0 aromatic carbocycles. The lowest BCUT2D eigenvalue weighted by atomic mass is 9.91. The van der Waals surface area contributed by atoms with E-state index < -0.39 is 5.54 Å². The first-order chi connectivity index (χ1) is 16.4. The molecule has 0 bridgehead atoms. The van der Waals surface area contributed by atoms with Crippen LogP contribution >= 0.6 is 11.3 Å². The fraction of sp³-hybridized carbons (Fsp3) is 0.692. The van der Waals surface area contributed by atoms with Crippen LogP contribution in [0, 0.1) is 0 Å². The van der Waals surface area contributed by atoms with Crippen molar-refractivity contribution in [1.82, 2.24) is 24.6 Å². The zero-order valence-electron chi connectivity index (χ0n) is 20.9. The molecule has 1 atom stereocenters. The van der Waals surface area contributed by atoms with Gasteiger partial charge in [-0.3, -0.25) is 14.5 Å². The molecule has 0 spiro atoms. The molecule has 1 N–H and O–H groups in total. The van der Waals surface area contributed by atoms with Gasteiger partial charge in [-0.2, -0.15) is 0 Å². The summed E-state index contributed by atoms with van der Waals surface area (Å²) in [6, 6.07) is 4.48. The van der Waals surface area contributed by atoms with Gasteiger partial charge in [0.2, 0.25) is 5.91 Å². The monoisotopic (exact) mass is 485 g/mol. The van der Waals surface area contributed by atoms with Crippen molar-refractivity contribution in [3.63, 3.8) is 0 Å². The van der Waals surface area contributed by atoms with Gasteiger partial charge < -0.3 is 19.7 Å². The minimum Gasteiger partial charge on any atom is -0.351 e. The van der Waals surface area contributed by atoms with Gasteiger partial charge in [0.1, 0.15) is 11.2 Å². The average Bonchev–Trinajstić information content (AvgIpc) is 3.39. The largest absolute Gasteiger partial charge is 0.351 e. The molecule has 1 saturated carbocycles. The second-order valence-electron chi connectivity index (χ2n) is 10.6. The van der Waals surface area contributed by atoms with E-state index in [4.69, 9.17) is 0 Å². The Labute approximate surface area is 207 Å². The molecule has 2 fully saturated rings. The number of carbonyl (C=O) groups excluding carboxylic acids is 2. The number of piperazine rings is 1. The smallest absolute Gasteiger partial charge is 0.271 e. The molecule has 8 heteroatoms. The van der Waals surface area contributed by atoms with Gasteiger partial charge in [-0.05, 0) is 45.4 Å². The number of aromatic nitrogens is 1. The molecule has 2 amide bonds. The van der Waals surface area contributed by atoms with Crippen molar-refractivity contribution in [3.05, 3.63) is 22.7 Å². The number of likely N-dealkylation sites (N-methyl/N-ethyl adjacent to an activating group) is 1. The first kappa shape index (κ1) is 23.8. The molecule has 2 aromatic rings. The lowest BCUT2D eigenvalue weighted by Gasteiger charge is -2.45. The van der Waals surface area contributed by atoms with Crippen molar-refractivity contribution in [2.45, 2.75) is 70.5 Å². The van der Waals surface area contributed by atoms with Gasteiger partial charge in [-0.1, -0.05) is 26.2 Å². The quantitative estimate of drug-likeness (QED) is 0.683. The van der Waals surface area contributed by atoms with Crippen LogP contribution in [0.5, 0.6) is 0 Å². The van der Waals surface area contributed by atoms with E-state index in [0.29, 0.717) is 13.1 Å². The summed E-state index contributed by atoms with van der Waals surface area (Å²) in [5.41, 5.74) is 0.930. The standard InChI is InChI=1S/C26H39N5O2S/c1-4-20-16-21-23(34-20)17-22-24(32)31(15-14-29-12-10-28(3)11-13-29)26(2,18-30(21)22)25(33)27-19-8-6-5-7-9-19/h16-17,19H,4-15,18H2,1-3H3,(H,27,33)/t26-/m1/s1. The summed E-state index contributed by atoms with van der Waals surface area (Å²) in [5.74, 6) is -0.00677. The third-order valence-electron chi connectivity index (χ3n) is 8.18. The molecule has 3 aliphatic rings. The van der Waals surface area contributed by atoms with Crippen LogP contribution in [0.25, 0.3) is 10.2 Å². The first-order valence-corrected chi connectivity index (χ1v) is 13.9. The number of nitrogens with one attached hydrogen (secondary N) is 1. The van der Waals surface area contributed by atoms with Crippen LogP contribution in [-0.2, 0) is 17.8 Å². The molecule has 1 saturated heterocycles. The van der Waals surface area contributed by atoms with Gasteiger partial charge in [0.25, 0.3) is 5.91 Å². The number of rotatable bonds is 6. The lowest BCUT2D eigenvalue weighted by molar-refractivity contribution is -0.134. The molecule has 7 nitrogen and oxygen atoms in total. The molecule has 2 aliphatic heterocycles. The number of carbonyl (C=O) groups is 2. The Morgan fingerprint density at radius 2 is 1.85 bits per heavy atom. The zero-order valence-corrected chi connectivity index (χ0v) is 21.8. The van der Waals surface area contributed by atoms with E-state index in [-0.39, 0.29) is 17.9 Å². The Hall–Kier alpha value is -1.90. The van der Waals surface area contributed by atoms with Gasteiger partial charge in [0.05, 0.1) is 16.8 Å². The van der Waals surface area contributed by atoms with Gasteiger partial charge in [-0.25, -0.2) is 0 Å². The number of aryl methyl sites for hydroxylation is 1. The van der Waals surface area contributed by atoms with E-state index in [1.165, 1.54) is 24.1 Å². The third-order valence-corrected chi connectivity index (χ3v) is 9.40. The summed E-state index contributed by atoms with van der Waals surface area (Å²) < 4.78 is 3.26. The summed E-state index contributed by atoms with van der Waals surface area (Å²) in [5, 5.41) is 3.35. The second-order valence-corrected chi connectivity index (χ2v) is 11.8. The van der Waals surface area contributed by atoms with E-state index >= 15 is 0 Å². The molecular weight excluding hydrogens is 446 g/mol. The third kappa shape index (κ3) is 4.40. The number of thiophene rings is 1. The van der Waals surface area contributed by atoms with Gasteiger partial charge in [0, 0.05) is 50.2 Å². The maximum absolute atomic E-state index is 13.9. The minimum absolute atomic E-state index is 0.00423. The molecule has 5 rings (SSSR count). The first-order valence-electron chi connectivity index (χ1n) is 13.0. The Kier molecular flexibility index (Phi) is 6.75. The zero-order chi connectivity index (χ0) is 23.9. The van der Waals surface area contributed by atoms with Crippen LogP contribution in [0.1, 0.15) is 61.3 Å². The van der Waals surface area contributed by atoms with Gasteiger partial charge in [0.15, 0.2) is 0 Å². The number of nitrogens with zero attached hydrogens (tertiary/aromatic N) is 4. The normalized spacial score (nSPS) is 25.1. The molecule has 186 valence electrons. The molecule has 0 radical (unpaired) electrons. The fourth-order valence-electron chi connectivity index (χ4n) is 5.81. The van der Waals surface area contributed by atoms with Crippen LogP contribution in [0.15, 0.2) is 12.1 Å². The van der Waals surface area contributed by atoms with Gasteiger partial charge in [-0.15, -0.1) is 11.3 Å². The maximum atomic E-state index is 13.9. The van der Waals surface area contributed by atoms with Crippen molar-refractivity contribution in [2.24, 2.45) is 0 Å². The Morgan fingerprint density at radius 1 is 1.12 bits per heavy atom. The summed E-state index contributed by atoms with van der Waals surface area (Å²) in [6.45, 7) is 10.2. The topological polar surface area (TPSA) is 60.8 Å². The van der Waals surface area contributed by atoms with Crippen LogP contribution in [-0.4, -0.2) is 89.0 Å². The second kappa shape index (κ2) is 9.63. The van der Waals surface area contributed by atoms with Gasteiger partial charge >= 0.3 is 0 Å². The number of hydrogen-bond acceptors (Lipinski definition) is 5. The Bertz CT molecular complexity index is 1050. The molecule has 2 aromatic heterocycles. The SMILES string of the molecule is CCc1cc2c(cc3n2C[C@](C)(C(=O)NC2CCCCC2)N(CCN2CCN(C)CC2)C3=O)s1. The summed E-state index contributed by atoms with van der Waals surface area (Å²) in [6.07, 6.45) is 6.66. The molecular formula is C26H39N5O2S. The minimum atomic E-state index is -0.894. The summed E-state index contributed by atoms with van der Waals surface area (Å²) in [7, 11) is 2.15. The summed E-state index contributed by atoms with van der Waals surface area (Å²) in [4.78, 5) is 35.7. The lowest BCUT2D eigenvalue weighted by Crippen LogP contribution is -2.66. The van der Waals surface area contributed by atoms with Crippen LogP contribution in [0.4, 0.5) is 0 Å². The average molecular weight is 486 g/mol. The predicted molar refractivity (Wildman–Crippen MR) is 138 cm³/mol. The Morgan fingerprint density at radius 3 is 2.56 bits per heavy atom. The van der Waals surface area contributed by atoms with Crippen molar-refractivity contribution in [1.29, 1.82) is 0 Å². The number of hydrogen-bond donors (Lipinski definition) is 1. The van der Waals surface area contributed by atoms with Crippen molar-refractivity contribution >= 4 is 33.4 Å². The molecule has 0 unspecified atom stereocenters. The predicted octanol–water partition coefficient (Wildman–Crippen LogP) is 3.18. The Balaban J connectivity index is 1.43. The van der Waals surface area contributed by atoms with Crippen LogP contribution in [0.3, 0.4) is 0 Å². The highest BCUT2D eigenvalue weighted by Crippen LogP contribution is 2.36. The maximum Gasteiger partial charge on any atom is 0.271 e. The van der Waals surface area contributed by atoms with Crippen molar-refractivity contribution in [2.75, 3.05) is 46.3 Å². The highest BCUT2D eigenvalue weighted by molar-refractivity contribution is 7.19. The van der Waals surface area contributed by atoms with E-state index in [9.17, 15) is 9.59 Å². The van der Waals surface area contributed by atoms with Crippen molar-refractivity contribution in [3.8, 4) is 0 Å². The van der Waals surface area contributed by atoms with E-state index in [1.807, 2.05) is 17.9 Å². The van der Waals surface area contributed by atoms with E-state index in [0.717, 1.165) is 67.9 Å². The molecule has 4 heterocycles. The number of fused-ring (bicyclic) bond motifs is 3. The highest BCUT2D eigenvalue weighted by Gasteiger charge is 2.48. The van der Waals surface area contributed by atoms with Crippen LogP contribution in [0.2, 0.25) is 0 Å².